The first-order valence-electron chi connectivity index (χ1n) is 7.13. The van der Waals surface area contributed by atoms with Crippen LogP contribution in [0.15, 0.2) is 0 Å². The second kappa shape index (κ2) is 5.78. The third-order valence-electron chi connectivity index (χ3n) is 5.12. The molecular weight excluding hydrogens is 273 g/mol. The van der Waals surface area contributed by atoms with Gasteiger partial charge in [0, 0.05) is 0 Å². The summed E-state index contributed by atoms with van der Waals surface area (Å²) in [7, 11) is 0.319. The van der Waals surface area contributed by atoms with E-state index in [2.05, 4.69) is 0 Å². The zero-order valence-electron chi connectivity index (χ0n) is 11.8. The molecule has 4 rings (SSSR count). The van der Waals surface area contributed by atoms with Gasteiger partial charge in [-0.1, -0.05) is 0 Å². The van der Waals surface area contributed by atoms with E-state index < -0.39 is 17.6 Å². The van der Waals surface area contributed by atoms with Gasteiger partial charge in [-0.2, -0.15) is 0 Å². The molecule has 2 unspecified atom stereocenters. The number of aliphatic hydroxyl groups is 2. The SMILES string of the molecule is N[C@H](C(=O)O)C12CC3CC(CC(O)(C3)C1)C2.O=BC#CO. The van der Waals surface area contributed by atoms with Gasteiger partial charge < -0.3 is 15.9 Å². The molecule has 114 valence electrons. The predicted molar refractivity (Wildman–Crippen MR) is 73.8 cm³/mol. The van der Waals surface area contributed by atoms with Gasteiger partial charge in [0.1, 0.15) is 6.04 Å². The first-order chi connectivity index (χ1) is 9.84. The summed E-state index contributed by atoms with van der Waals surface area (Å²) in [5.41, 5.74) is 4.92. The monoisotopic (exact) mass is 293 g/mol. The van der Waals surface area contributed by atoms with Crippen LogP contribution in [0.3, 0.4) is 0 Å². The number of nitrogens with two attached hydrogens (primary N) is 1. The molecule has 6 nitrogen and oxygen atoms in total. The zero-order valence-corrected chi connectivity index (χ0v) is 11.8. The number of aliphatic hydroxyl groups excluding tert-OH is 1. The fourth-order valence-corrected chi connectivity index (χ4v) is 4.94. The van der Waals surface area contributed by atoms with Gasteiger partial charge in [0.25, 0.3) is 0 Å². The van der Waals surface area contributed by atoms with Gasteiger partial charge in [-0.25, -0.2) is 0 Å². The molecule has 0 heterocycles. The van der Waals surface area contributed by atoms with E-state index in [4.69, 9.17) is 20.7 Å². The zero-order chi connectivity index (χ0) is 15.7. The van der Waals surface area contributed by atoms with Crippen LogP contribution in [-0.2, 0) is 9.50 Å². The molecule has 4 aliphatic rings. The number of rotatable bonds is 2. The Labute approximate surface area is 124 Å². The van der Waals surface area contributed by atoms with E-state index in [1.165, 1.54) is 6.11 Å². The summed E-state index contributed by atoms with van der Waals surface area (Å²) in [4.78, 5) is 11.1. The van der Waals surface area contributed by atoms with Crippen molar-refractivity contribution < 1.29 is 24.8 Å². The van der Waals surface area contributed by atoms with Crippen LogP contribution in [-0.4, -0.2) is 40.1 Å². The standard InChI is InChI=1S/C12H19NO3.C2HBO2/c13-9(10(14)15)11-2-7-1-8(3-11)5-12(16,4-7)6-11;4-2-1-3-5/h7-9,16H,1-6,13H2,(H,14,15);4H/t7?,8?,9-,11?,12?;/m1./s1. The Morgan fingerprint density at radius 3 is 2.19 bits per heavy atom. The fourth-order valence-electron chi connectivity index (χ4n) is 4.94. The van der Waals surface area contributed by atoms with Crippen molar-refractivity contribution in [3.63, 3.8) is 0 Å². The van der Waals surface area contributed by atoms with Gasteiger partial charge in [0.2, 0.25) is 0 Å². The maximum absolute atomic E-state index is 11.1. The Balaban J connectivity index is 0.000000282. The minimum absolute atomic E-state index is 0.319. The average Bonchev–Trinajstić information content (AvgIpc) is 2.36. The van der Waals surface area contributed by atoms with Crippen molar-refractivity contribution in [1.82, 2.24) is 0 Å². The van der Waals surface area contributed by atoms with Crippen LogP contribution < -0.4 is 5.73 Å². The predicted octanol–water partition coefficient (Wildman–Crippen LogP) is 0.0566. The molecule has 3 atom stereocenters. The summed E-state index contributed by atoms with van der Waals surface area (Å²) >= 11 is 0. The van der Waals surface area contributed by atoms with Crippen molar-refractivity contribution in [3.8, 4) is 11.9 Å². The summed E-state index contributed by atoms with van der Waals surface area (Å²) in [6.07, 6.45) is 6.68. The number of hydrogen-bond donors (Lipinski definition) is 4. The van der Waals surface area contributed by atoms with Crippen LogP contribution in [0.1, 0.15) is 38.5 Å². The van der Waals surface area contributed by atoms with Crippen molar-refractivity contribution in [1.29, 1.82) is 0 Å². The summed E-state index contributed by atoms with van der Waals surface area (Å²) in [5, 5.41) is 27.0. The summed E-state index contributed by atoms with van der Waals surface area (Å²) in [5.74, 6) is 1.82. The van der Waals surface area contributed by atoms with Gasteiger partial charge in [-0.05, 0) is 55.8 Å². The van der Waals surface area contributed by atoms with E-state index >= 15 is 0 Å². The third-order valence-corrected chi connectivity index (χ3v) is 5.12. The Bertz CT molecular complexity index is 483. The van der Waals surface area contributed by atoms with Crippen LogP contribution in [0.2, 0.25) is 0 Å². The van der Waals surface area contributed by atoms with Gasteiger partial charge >= 0.3 is 34.9 Å². The number of carbonyl (C=O) groups is 1. The minimum atomic E-state index is -0.912. The third kappa shape index (κ3) is 3.12. The quantitative estimate of drug-likeness (QED) is 0.422. The normalized spacial score (nSPS) is 40.1. The maximum atomic E-state index is 11.1. The van der Waals surface area contributed by atoms with Crippen LogP contribution in [0.25, 0.3) is 0 Å². The summed E-state index contributed by atoms with van der Waals surface area (Å²) in [6.45, 7) is 0. The molecule has 0 aromatic carbocycles. The van der Waals surface area contributed by atoms with E-state index in [1.807, 2.05) is 0 Å². The molecular formula is C14H20BNO5. The van der Waals surface area contributed by atoms with Crippen molar-refractivity contribution in [2.24, 2.45) is 23.0 Å². The van der Waals surface area contributed by atoms with E-state index in [0.717, 1.165) is 32.1 Å². The number of hydrogen-bond acceptors (Lipinski definition) is 5. The van der Waals surface area contributed by atoms with Crippen molar-refractivity contribution in [2.75, 3.05) is 0 Å². The molecule has 7 heteroatoms. The molecule has 4 bridgehead atoms. The number of carboxylic acid groups (broad SMARTS) is 1. The van der Waals surface area contributed by atoms with Gasteiger partial charge in [-0.15, -0.1) is 0 Å². The molecule has 4 aliphatic carbocycles. The van der Waals surface area contributed by atoms with Gasteiger partial charge in [0.05, 0.1) is 5.60 Å². The van der Waals surface area contributed by atoms with Crippen molar-refractivity contribution in [2.45, 2.75) is 50.2 Å². The topological polar surface area (TPSA) is 121 Å². The molecule has 0 saturated heterocycles. The molecule has 5 N–H and O–H groups in total. The molecule has 4 saturated carbocycles. The molecule has 4 fully saturated rings. The van der Waals surface area contributed by atoms with Gasteiger partial charge in [-0.3, -0.25) is 4.79 Å². The molecule has 0 aromatic heterocycles. The second-order valence-electron chi connectivity index (χ2n) is 6.74. The van der Waals surface area contributed by atoms with E-state index in [0.29, 0.717) is 25.4 Å². The molecule has 0 amide bonds. The Morgan fingerprint density at radius 2 is 1.86 bits per heavy atom. The van der Waals surface area contributed by atoms with Crippen LogP contribution in [0, 0.1) is 29.2 Å². The van der Waals surface area contributed by atoms with E-state index in [-0.39, 0.29) is 5.41 Å². The Morgan fingerprint density at radius 1 is 1.29 bits per heavy atom. The Kier molecular flexibility index (Phi) is 4.40. The first-order valence-corrected chi connectivity index (χ1v) is 7.13. The molecule has 0 aliphatic heterocycles. The van der Waals surface area contributed by atoms with Crippen LogP contribution in [0.5, 0.6) is 0 Å². The average molecular weight is 293 g/mol. The number of carboxylic acids is 1. The van der Waals surface area contributed by atoms with E-state index in [9.17, 15) is 9.90 Å². The molecule has 0 radical (unpaired) electrons. The fraction of sp³-hybridized carbons (Fsp3) is 0.786. The summed E-state index contributed by atoms with van der Waals surface area (Å²) < 4.78 is 9.07. The second-order valence-corrected chi connectivity index (χ2v) is 6.74. The summed E-state index contributed by atoms with van der Waals surface area (Å²) in [6, 6.07) is -0.801. The molecule has 21 heavy (non-hydrogen) atoms. The van der Waals surface area contributed by atoms with E-state index in [1.54, 1.807) is 5.82 Å². The Hall–Kier alpha value is -1.39. The molecule has 0 spiro atoms. The van der Waals surface area contributed by atoms with Crippen molar-refractivity contribution >= 4 is 13.1 Å². The van der Waals surface area contributed by atoms with Crippen LogP contribution in [0.4, 0.5) is 0 Å². The first kappa shape index (κ1) is 16.0. The van der Waals surface area contributed by atoms with Gasteiger partial charge in [0.15, 0.2) is 0 Å². The van der Waals surface area contributed by atoms with Crippen LogP contribution >= 0.6 is 0 Å². The van der Waals surface area contributed by atoms with Crippen molar-refractivity contribution in [3.05, 3.63) is 0 Å². The number of aliphatic carboxylic acids is 1. The molecule has 0 aromatic rings.